The Bertz CT molecular complexity index is 745. The fraction of sp³-hybridized carbons (Fsp3) is 0.391. The molecule has 2 aromatic rings. The third-order valence-corrected chi connectivity index (χ3v) is 4.36. The Morgan fingerprint density at radius 3 is 2.50 bits per heavy atom. The number of hydrazone groups is 1. The molecule has 0 bridgehead atoms. The van der Waals surface area contributed by atoms with Crippen molar-refractivity contribution in [3.8, 4) is 11.5 Å². The van der Waals surface area contributed by atoms with Gasteiger partial charge in [0, 0.05) is 5.56 Å². The van der Waals surface area contributed by atoms with Gasteiger partial charge in [0.15, 0.2) is 11.5 Å². The van der Waals surface area contributed by atoms with Crippen molar-refractivity contribution in [1.82, 2.24) is 5.43 Å². The van der Waals surface area contributed by atoms with Crippen LogP contribution in [0.4, 0.5) is 0 Å². The van der Waals surface area contributed by atoms with Gasteiger partial charge in [-0.1, -0.05) is 57.2 Å². The lowest BCUT2D eigenvalue weighted by molar-refractivity contribution is 0.0955. The SMILES string of the molecule is CCCCCCCCOc1ccc(/C=N/NC(=O)c2ccccc2)cc1OC. The summed E-state index contributed by atoms with van der Waals surface area (Å²) in [5.74, 6) is 1.13. The molecule has 0 spiro atoms. The van der Waals surface area contributed by atoms with Crippen LogP contribution in [0.2, 0.25) is 0 Å². The normalized spacial score (nSPS) is 10.8. The predicted molar refractivity (Wildman–Crippen MR) is 113 cm³/mol. The monoisotopic (exact) mass is 382 g/mol. The number of hydrogen-bond donors (Lipinski definition) is 1. The Hall–Kier alpha value is -2.82. The summed E-state index contributed by atoms with van der Waals surface area (Å²) in [7, 11) is 1.62. The van der Waals surface area contributed by atoms with Gasteiger partial charge in [-0.05, 0) is 42.3 Å². The van der Waals surface area contributed by atoms with E-state index >= 15 is 0 Å². The number of methoxy groups -OCH3 is 1. The van der Waals surface area contributed by atoms with Crippen LogP contribution >= 0.6 is 0 Å². The van der Waals surface area contributed by atoms with E-state index in [1.807, 2.05) is 36.4 Å². The lowest BCUT2D eigenvalue weighted by Crippen LogP contribution is -2.17. The first kappa shape index (κ1) is 21.5. The Labute approximate surface area is 167 Å². The number of rotatable bonds is 12. The summed E-state index contributed by atoms with van der Waals surface area (Å²) in [6, 6.07) is 14.6. The van der Waals surface area contributed by atoms with Crippen molar-refractivity contribution in [3.05, 3.63) is 59.7 Å². The molecule has 0 aliphatic heterocycles. The molecule has 0 saturated carbocycles. The second kappa shape index (κ2) is 12.5. The summed E-state index contributed by atoms with van der Waals surface area (Å²) in [4.78, 5) is 12.0. The van der Waals surface area contributed by atoms with Gasteiger partial charge in [0.2, 0.25) is 0 Å². The molecule has 0 heterocycles. The van der Waals surface area contributed by atoms with Crippen LogP contribution in [-0.4, -0.2) is 25.8 Å². The Morgan fingerprint density at radius 1 is 1.00 bits per heavy atom. The number of nitrogens with zero attached hydrogens (tertiary/aromatic N) is 1. The zero-order chi connectivity index (χ0) is 20.0. The van der Waals surface area contributed by atoms with Crippen molar-refractivity contribution < 1.29 is 14.3 Å². The van der Waals surface area contributed by atoms with Gasteiger partial charge < -0.3 is 9.47 Å². The average molecular weight is 383 g/mol. The standard InChI is InChI=1S/C23H30N2O3/c1-3-4-5-6-7-11-16-28-21-15-14-19(17-22(21)27-2)18-24-25-23(26)20-12-9-8-10-13-20/h8-10,12-15,17-18H,3-7,11,16H2,1-2H3,(H,25,26)/b24-18+. The Morgan fingerprint density at radius 2 is 1.75 bits per heavy atom. The highest BCUT2D eigenvalue weighted by Gasteiger charge is 2.06. The number of amides is 1. The largest absolute Gasteiger partial charge is 0.493 e. The molecule has 0 atom stereocenters. The number of carbonyl (C=O) groups is 1. The van der Waals surface area contributed by atoms with Gasteiger partial charge in [-0.25, -0.2) is 5.43 Å². The maximum absolute atomic E-state index is 12.0. The second-order valence-electron chi connectivity index (χ2n) is 6.59. The highest BCUT2D eigenvalue weighted by Crippen LogP contribution is 2.27. The average Bonchev–Trinajstić information content (AvgIpc) is 2.74. The van der Waals surface area contributed by atoms with Crippen molar-refractivity contribution in [1.29, 1.82) is 0 Å². The molecular weight excluding hydrogens is 352 g/mol. The number of nitrogens with one attached hydrogen (secondary N) is 1. The number of carbonyl (C=O) groups excluding carboxylic acids is 1. The van der Waals surface area contributed by atoms with E-state index in [0.717, 1.165) is 17.7 Å². The first-order valence-corrected chi connectivity index (χ1v) is 9.94. The zero-order valence-corrected chi connectivity index (χ0v) is 16.8. The third kappa shape index (κ3) is 7.43. The molecule has 5 nitrogen and oxygen atoms in total. The van der Waals surface area contributed by atoms with Crippen molar-refractivity contribution in [2.24, 2.45) is 5.10 Å². The highest BCUT2D eigenvalue weighted by molar-refractivity contribution is 5.94. The summed E-state index contributed by atoms with van der Waals surface area (Å²) in [5, 5.41) is 4.01. The number of hydrogen-bond acceptors (Lipinski definition) is 4. The molecule has 150 valence electrons. The molecule has 0 aromatic heterocycles. The van der Waals surface area contributed by atoms with Crippen LogP contribution in [0.3, 0.4) is 0 Å². The number of benzene rings is 2. The van der Waals surface area contributed by atoms with E-state index in [-0.39, 0.29) is 5.91 Å². The maximum atomic E-state index is 12.0. The highest BCUT2D eigenvalue weighted by atomic mass is 16.5. The molecule has 0 radical (unpaired) electrons. The van der Waals surface area contributed by atoms with Crippen LogP contribution in [0.1, 0.15) is 61.4 Å². The van der Waals surface area contributed by atoms with Crippen molar-refractivity contribution in [3.63, 3.8) is 0 Å². The van der Waals surface area contributed by atoms with Gasteiger partial charge in [0.25, 0.3) is 5.91 Å². The van der Waals surface area contributed by atoms with Gasteiger partial charge >= 0.3 is 0 Å². The van der Waals surface area contributed by atoms with E-state index in [1.165, 1.54) is 32.1 Å². The molecule has 0 aliphatic rings. The lowest BCUT2D eigenvalue weighted by Gasteiger charge is -2.11. The maximum Gasteiger partial charge on any atom is 0.271 e. The van der Waals surface area contributed by atoms with Crippen LogP contribution < -0.4 is 14.9 Å². The molecule has 1 N–H and O–H groups in total. The Balaban J connectivity index is 1.82. The molecule has 2 rings (SSSR count). The van der Waals surface area contributed by atoms with E-state index in [2.05, 4.69) is 17.5 Å². The summed E-state index contributed by atoms with van der Waals surface area (Å²) in [5.41, 5.74) is 3.90. The quantitative estimate of drug-likeness (QED) is 0.312. The van der Waals surface area contributed by atoms with Crippen LogP contribution in [0.5, 0.6) is 11.5 Å². The summed E-state index contributed by atoms with van der Waals surface area (Å²) in [6.45, 7) is 2.91. The van der Waals surface area contributed by atoms with E-state index in [1.54, 1.807) is 25.5 Å². The summed E-state index contributed by atoms with van der Waals surface area (Å²) in [6.07, 6.45) is 8.95. The summed E-state index contributed by atoms with van der Waals surface area (Å²) >= 11 is 0. The van der Waals surface area contributed by atoms with Crippen molar-refractivity contribution in [2.45, 2.75) is 45.4 Å². The topological polar surface area (TPSA) is 59.9 Å². The second-order valence-corrected chi connectivity index (χ2v) is 6.59. The fourth-order valence-electron chi connectivity index (χ4n) is 2.77. The fourth-order valence-corrected chi connectivity index (χ4v) is 2.77. The zero-order valence-electron chi connectivity index (χ0n) is 16.8. The first-order valence-electron chi connectivity index (χ1n) is 9.94. The van der Waals surface area contributed by atoms with Crippen LogP contribution in [-0.2, 0) is 0 Å². The molecule has 0 fully saturated rings. The molecule has 0 unspecified atom stereocenters. The van der Waals surface area contributed by atoms with Crippen LogP contribution in [0.15, 0.2) is 53.6 Å². The van der Waals surface area contributed by atoms with E-state index in [9.17, 15) is 4.79 Å². The summed E-state index contributed by atoms with van der Waals surface area (Å²) < 4.78 is 11.3. The smallest absolute Gasteiger partial charge is 0.271 e. The van der Waals surface area contributed by atoms with E-state index < -0.39 is 0 Å². The number of ether oxygens (including phenoxy) is 2. The number of unbranched alkanes of at least 4 members (excludes halogenated alkanes) is 5. The molecule has 28 heavy (non-hydrogen) atoms. The van der Waals surface area contributed by atoms with Crippen LogP contribution in [0.25, 0.3) is 0 Å². The molecule has 0 aliphatic carbocycles. The first-order chi connectivity index (χ1) is 13.7. The molecule has 5 heteroatoms. The minimum absolute atomic E-state index is 0.247. The van der Waals surface area contributed by atoms with Crippen molar-refractivity contribution in [2.75, 3.05) is 13.7 Å². The molecular formula is C23H30N2O3. The Kier molecular flexibility index (Phi) is 9.62. The van der Waals surface area contributed by atoms with Gasteiger partial charge in [-0.15, -0.1) is 0 Å². The minimum Gasteiger partial charge on any atom is -0.493 e. The van der Waals surface area contributed by atoms with Crippen molar-refractivity contribution >= 4 is 12.1 Å². The minimum atomic E-state index is -0.247. The molecule has 0 saturated heterocycles. The third-order valence-electron chi connectivity index (χ3n) is 4.36. The molecule has 1 amide bonds. The van der Waals surface area contributed by atoms with E-state index in [0.29, 0.717) is 17.9 Å². The molecule has 2 aromatic carbocycles. The predicted octanol–water partition coefficient (Wildman–Crippen LogP) is 5.20. The lowest BCUT2D eigenvalue weighted by atomic mass is 10.1. The van der Waals surface area contributed by atoms with E-state index in [4.69, 9.17) is 9.47 Å². The van der Waals surface area contributed by atoms with Gasteiger partial charge in [0.05, 0.1) is 19.9 Å². The van der Waals surface area contributed by atoms with Gasteiger partial charge in [0.1, 0.15) is 0 Å². The van der Waals surface area contributed by atoms with Crippen LogP contribution in [0, 0.1) is 0 Å². The van der Waals surface area contributed by atoms with Gasteiger partial charge in [-0.3, -0.25) is 4.79 Å². The van der Waals surface area contributed by atoms with Gasteiger partial charge in [-0.2, -0.15) is 5.10 Å².